The Balaban J connectivity index is 1.56. The van der Waals surface area contributed by atoms with Crippen molar-refractivity contribution < 1.29 is 4.79 Å². The fraction of sp³-hybridized carbons (Fsp3) is 0.0385. The van der Waals surface area contributed by atoms with Gasteiger partial charge in [-0.1, -0.05) is 91.0 Å². The molecular formula is C26H18O. The number of benzene rings is 4. The largest absolute Gasteiger partial charge is 0.289 e. The van der Waals surface area contributed by atoms with Gasteiger partial charge in [-0.2, -0.15) is 0 Å². The minimum atomic E-state index is 0.0770. The number of hydrogen-bond donors (Lipinski definition) is 0. The predicted molar refractivity (Wildman–Crippen MR) is 110 cm³/mol. The van der Waals surface area contributed by atoms with E-state index >= 15 is 0 Å². The van der Waals surface area contributed by atoms with Gasteiger partial charge < -0.3 is 0 Å². The fourth-order valence-electron chi connectivity index (χ4n) is 3.99. The molecule has 0 spiro atoms. The summed E-state index contributed by atoms with van der Waals surface area (Å²) in [7, 11) is 0. The van der Waals surface area contributed by atoms with E-state index in [1.807, 2.05) is 60.7 Å². The highest BCUT2D eigenvalue weighted by molar-refractivity contribution is 6.13. The van der Waals surface area contributed by atoms with Crippen LogP contribution >= 0.6 is 0 Å². The van der Waals surface area contributed by atoms with Gasteiger partial charge in [0.2, 0.25) is 0 Å². The van der Waals surface area contributed by atoms with Crippen LogP contribution < -0.4 is 0 Å². The van der Waals surface area contributed by atoms with Gasteiger partial charge in [-0.05, 0) is 45.9 Å². The molecule has 1 aliphatic rings. The molecule has 0 aromatic heterocycles. The number of fused-ring (bicyclic) bond motifs is 3. The van der Waals surface area contributed by atoms with Crippen LogP contribution in [0.3, 0.4) is 0 Å². The molecule has 1 heteroatoms. The van der Waals surface area contributed by atoms with Crippen LogP contribution in [0.4, 0.5) is 0 Å². The zero-order valence-electron chi connectivity index (χ0n) is 14.9. The van der Waals surface area contributed by atoms with Crippen LogP contribution in [0.15, 0.2) is 97.1 Å². The molecule has 0 N–H and O–H groups in total. The van der Waals surface area contributed by atoms with E-state index in [1.54, 1.807) is 0 Å². The molecule has 0 heterocycles. The summed E-state index contributed by atoms with van der Waals surface area (Å²) in [6.07, 6.45) is 0.896. The van der Waals surface area contributed by atoms with Crippen molar-refractivity contribution in [1.82, 2.24) is 0 Å². The SMILES string of the molecule is O=C(c1ccc2c(c1)Cc1ccccc1-2)c1ccccc1-c1ccccc1. The summed E-state index contributed by atoms with van der Waals surface area (Å²) in [5, 5.41) is 0. The summed E-state index contributed by atoms with van der Waals surface area (Å²) in [6, 6.07) is 32.6. The Morgan fingerprint density at radius 2 is 1.26 bits per heavy atom. The van der Waals surface area contributed by atoms with Gasteiger partial charge in [-0.3, -0.25) is 4.79 Å². The van der Waals surface area contributed by atoms with Crippen molar-refractivity contribution in [3.8, 4) is 22.3 Å². The van der Waals surface area contributed by atoms with E-state index in [1.165, 1.54) is 22.3 Å². The van der Waals surface area contributed by atoms with Gasteiger partial charge in [0.05, 0.1) is 0 Å². The second kappa shape index (κ2) is 6.37. The highest BCUT2D eigenvalue weighted by atomic mass is 16.1. The number of hydrogen-bond acceptors (Lipinski definition) is 1. The molecule has 27 heavy (non-hydrogen) atoms. The fourth-order valence-corrected chi connectivity index (χ4v) is 3.99. The van der Waals surface area contributed by atoms with Gasteiger partial charge in [-0.25, -0.2) is 0 Å². The highest BCUT2D eigenvalue weighted by Crippen LogP contribution is 2.37. The Hall–Kier alpha value is -3.45. The molecule has 0 atom stereocenters. The molecule has 128 valence electrons. The van der Waals surface area contributed by atoms with E-state index < -0.39 is 0 Å². The molecule has 0 saturated carbocycles. The Bertz CT molecular complexity index is 1160. The second-order valence-corrected chi connectivity index (χ2v) is 6.95. The molecule has 0 amide bonds. The van der Waals surface area contributed by atoms with Gasteiger partial charge in [0, 0.05) is 11.1 Å². The molecule has 1 nitrogen and oxygen atoms in total. The first-order valence-electron chi connectivity index (χ1n) is 9.21. The average molecular weight is 346 g/mol. The number of ketones is 1. The molecule has 4 aromatic carbocycles. The van der Waals surface area contributed by atoms with Gasteiger partial charge in [0.1, 0.15) is 0 Å². The molecule has 0 bridgehead atoms. The van der Waals surface area contributed by atoms with E-state index in [-0.39, 0.29) is 5.78 Å². The predicted octanol–water partition coefficient (Wildman–Crippen LogP) is 6.16. The lowest BCUT2D eigenvalue weighted by Crippen LogP contribution is -2.04. The van der Waals surface area contributed by atoms with Crippen molar-refractivity contribution in [2.45, 2.75) is 6.42 Å². The van der Waals surface area contributed by atoms with Crippen LogP contribution in [-0.4, -0.2) is 5.78 Å². The topological polar surface area (TPSA) is 17.1 Å². The second-order valence-electron chi connectivity index (χ2n) is 6.95. The van der Waals surface area contributed by atoms with Crippen molar-refractivity contribution >= 4 is 5.78 Å². The molecule has 0 unspecified atom stereocenters. The summed E-state index contributed by atoms with van der Waals surface area (Å²) in [5.41, 5.74) is 8.65. The Morgan fingerprint density at radius 1 is 0.593 bits per heavy atom. The van der Waals surface area contributed by atoms with Crippen molar-refractivity contribution in [2.75, 3.05) is 0 Å². The minimum Gasteiger partial charge on any atom is -0.289 e. The highest BCUT2D eigenvalue weighted by Gasteiger charge is 2.21. The zero-order chi connectivity index (χ0) is 18.2. The molecular weight excluding hydrogens is 328 g/mol. The smallest absolute Gasteiger partial charge is 0.193 e. The van der Waals surface area contributed by atoms with Crippen LogP contribution in [0.5, 0.6) is 0 Å². The number of rotatable bonds is 3. The van der Waals surface area contributed by atoms with Crippen LogP contribution in [0.25, 0.3) is 22.3 Å². The maximum absolute atomic E-state index is 13.3. The van der Waals surface area contributed by atoms with E-state index in [9.17, 15) is 4.79 Å². The van der Waals surface area contributed by atoms with Crippen molar-refractivity contribution in [2.24, 2.45) is 0 Å². The van der Waals surface area contributed by atoms with E-state index in [2.05, 4.69) is 36.4 Å². The third-order valence-electron chi connectivity index (χ3n) is 5.31. The first-order chi connectivity index (χ1) is 13.3. The van der Waals surface area contributed by atoms with E-state index in [0.717, 1.165) is 28.7 Å². The minimum absolute atomic E-state index is 0.0770. The lowest BCUT2D eigenvalue weighted by molar-refractivity contribution is 0.103. The lowest BCUT2D eigenvalue weighted by atomic mass is 9.92. The van der Waals surface area contributed by atoms with Crippen molar-refractivity contribution in [3.63, 3.8) is 0 Å². The molecule has 0 fully saturated rings. The molecule has 0 radical (unpaired) electrons. The van der Waals surface area contributed by atoms with E-state index in [4.69, 9.17) is 0 Å². The van der Waals surface area contributed by atoms with Crippen LogP contribution in [-0.2, 0) is 6.42 Å². The maximum Gasteiger partial charge on any atom is 0.193 e. The van der Waals surface area contributed by atoms with Crippen LogP contribution in [0.1, 0.15) is 27.0 Å². The molecule has 5 rings (SSSR count). The third-order valence-corrected chi connectivity index (χ3v) is 5.31. The molecule has 0 saturated heterocycles. The summed E-state index contributed by atoms with van der Waals surface area (Å²) >= 11 is 0. The Morgan fingerprint density at radius 3 is 2.11 bits per heavy atom. The van der Waals surface area contributed by atoms with Gasteiger partial charge in [0.25, 0.3) is 0 Å². The third kappa shape index (κ3) is 2.69. The average Bonchev–Trinajstić information content (AvgIpc) is 3.11. The number of carbonyl (C=O) groups is 1. The summed E-state index contributed by atoms with van der Waals surface area (Å²) in [5.74, 6) is 0.0770. The lowest BCUT2D eigenvalue weighted by Gasteiger charge is -2.10. The molecule has 0 aliphatic heterocycles. The molecule has 4 aromatic rings. The quantitative estimate of drug-likeness (QED) is 0.358. The monoisotopic (exact) mass is 346 g/mol. The summed E-state index contributed by atoms with van der Waals surface area (Å²) in [6.45, 7) is 0. The Labute approximate surface area is 158 Å². The normalized spacial score (nSPS) is 11.7. The van der Waals surface area contributed by atoms with E-state index in [0.29, 0.717) is 0 Å². The Kier molecular flexibility index (Phi) is 3.72. The van der Waals surface area contributed by atoms with Gasteiger partial charge in [0.15, 0.2) is 5.78 Å². The van der Waals surface area contributed by atoms with Gasteiger partial charge >= 0.3 is 0 Å². The number of carbonyl (C=O) groups excluding carboxylic acids is 1. The first kappa shape index (κ1) is 15.8. The van der Waals surface area contributed by atoms with Crippen molar-refractivity contribution in [1.29, 1.82) is 0 Å². The zero-order valence-corrected chi connectivity index (χ0v) is 14.9. The summed E-state index contributed by atoms with van der Waals surface area (Å²) < 4.78 is 0. The van der Waals surface area contributed by atoms with Crippen LogP contribution in [0.2, 0.25) is 0 Å². The first-order valence-corrected chi connectivity index (χ1v) is 9.21. The standard InChI is InChI=1S/C26H18O/c27-26(25-13-7-6-11-22(25)18-8-2-1-3-9-18)20-14-15-24-21(17-20)16-19-10-4-5-12-23(19)24/h1-15,17H,16H2. The van der Waals surface area contributed by atoms with Crippen molar-refractivity contribution in [3.05, 3.63) is 119 Å². The molecule has 1 aliphatic carbocycles. The van der Waals surface area contributed by atoms with Crippen LogP contribution in [0, 0.1) is 0 Å². The van der Waals surface area contributed by atoms with Gasteiger partial charge in [-0.15, -0.1) is 0 Å². The summed E-state index contributed by atoms with van der Waals surface area (Å²) in [4.78, 5) is 13.3. The maximum atomic E-state index is 13.3.